The van der Waals surface area contributed by atoms with Gasteiger partial charge in [-0.15, -0.1) is 0 Å². The number of benzene rings is 1. The van der Waals surface area contributed by atoms with Gasteiger partial charge in [0.15, 0.2) is 6.10 Å². The molecule has 1 aromatic carbocycles. The molecule has 6 heteroatoms. The normalized spacial score (nSPS) is 13.3. The van der Waals surface area contributed by atoms with Gasteiger partial charge >= 0.3 is 0 Å². The standard InChI is InChI=1S/C15H23NO5/c1-11(15(18)16-9-8-12(17)10-19-2)21-14-6-4-13(20-3)5-7-14/h4-7,11-12,17H,8-10H2,1-3H3,(H,16,18). The number of carbonyl (C=O) groups is 1. The Kier molecular flexibility index (Phi) is 7.56. The first-order valence-electron chi connectivity index (χ1n) is 6.82. The van der Waals surface area contributed by atoms with Crippen LogP contribution in [0.25, 0.3) is 0 Å². The van der Waals surface area contributed by atoms with Crippen molar-refractivity contribution in [2.45, 2.75) is 25.6 Å². The minimum atomic E-state index is -0.613. The van der Waals surface area contributed by atoms with Crippen LogP contribution < -0.4 is 14.8 Å². The van der Waals surface area contributed by atoms with Crippen LogP contribution in [0, 0.1) is 0 Å². The lowest BCUT2D eigenvalue weighted by Crippen LogP contribution is -2.38. The fourth-order valence-electron chi connectivity index (χ4n) is 1.69. The smallest absolute Gasteiger partial charge is 0.260 e. The summed E-state index contributed by atoms with van der Waals surface area (Å²) in [6.07, 6.45) is -0.749. The minimum Gasteiger partial charge on any atom is -0.497 e. The average molecular weight is 297 g/mol. The summed E-state index contributed by atoms with van der Waals surface area (Å²) in [6.45, 7) is 2.30. The highest BCUT2D eigenvalue weighted by Crippen LogP contribution is 2.18. The van der Waals surface area contributed by atoms with Gasteiger partial charge in [-0.3, -0.25) is 4.79 Å². The number of amides is 1. The van der Waals surface area contributed by atoms with Crippen molar-refractivity contribution >= 4 is 5.91 Å². The predicted octanol–water partition coefficient (Wildman–Crippen LogP) is 0.976. The van der Waals surface area contributed by atoms with Crippen LogP contribution in [0.5, 0.6) is 11.5 Å². The number of ether oxygens (including phenoxy) is 3. The first-order chi connectivity index (χ1) is 10.1. The number of aliphatic hydroxyl groups is 1. The van der Waals surface area contributed by atoms with Gasteiger partial charge in [-0.2, -0.15) is 0 Å². The van der Waals surface area contributed by atoms with E-state index in [-0.39, 0.29) is 12.5 Å². The van der Waals surface area contributed by atoms with Crippen LogP contribution >= 0.6 is 0 Å². The second-order valence-corrected chi connectivity index (χ2v) is 4.62. The van der Waals surface area contributed by atoms with Gasteiger partial charge in [0.25, 0.3) is 5.91 Å². The van der Waals surface area contributed by atoms with Crippen molar-refractivity contribution in [1.82, 2.24) is 5.32 Å². The number of nitrogens with one attached hydrogen (secondary N) is 1. The van der Waals surface area contributed by atoms with Gasteiger partial charge in [-0.05, 0) is 37.6 Å². The Morgan fingerprint density at radius 2 is 1.86 bits per heavy atom. The number of methoxy groups -OCH3 is 2. The lowest BCUT2D eigenvalue weighted by atomic mass is 10.2. The van der Waals surface area contributed by atoms with Crippen molar-refractivity contribution in [3.05, 3.63) is 24.3 Å². The number of rotatable bonds is 9. The van der Waals surface area contributed by atoms with E-state index in [0.29, 0.717) is 18.7 Å². The van der Waals surface area contributed by atoms with Gasteiger partial charge in [0, 0.05) is 13.7 Å². The monoisotopic (exact) mass is 297 g/mol. The van der Waals surface area contributed by atoms with Crippen molar-refractivity contribution in [3.63, 3.8) is 0 Å². The molecule has 0 saturated carbocycles. The fraction of sp³-hybridized carbons (Fsp3) is 0.533. The average Bonchev–Trinajstić information content (AvgIpc) is 2.48. The van der Waals surface area contributed by atoms with Crippen LogP contribution in [0.3, 0.4) is 0 Å². The molecular weight excluding hydrogens is 274 g/mol. The van der Waals surface area contributed by atoms with Crippen LogP contribution in [0.15, 0.2) is 24.3 Å². The van der Waals surface area contributed by atoms with E-state index < -0.39 is 12.2 Å². The first-order valence-corrected chi connectivity index (χ1v) is 6.82. The second kappa shape index (κ2) is 9.20. The maximum Gasteiger partial charge on any atom is 0.260 e. The van der Waals surface area contributed by atoms with E-state index in [2.05, 4.69) is 5.32 Å². The summed E-state index contributed by atoms with van der Waals surface area (Å²) in [7, 11) is 3.11. The summed E-state index contributed by atoms with van der Waals surface area (Å²) in [4.78, 5) is 11.8. The van der Waals surface area contributed by atoms with E-state index in [1.807, 2.05) is 0 Å². The fourth-order valence-corrected chi connectivity index (χ4v) is 1.69. The van der Waals surface area contributed by atoms with Crippen LogP contribution in [0.1, 0.15) is 13.3 Å². The van der Waals surface area contributed by atoms with Crippen molar-refractivity contribution in [2.75, 3.05) is 27.4 Å². The molecule has 1 rings (SSSR count). The van der Waals surface area contributed by atoms with Crippen molar-refractivity contribution in [3.8, 4) is 11.5 Å². The summed E-state index contributed by atoms with van der Waals surface area (Å²) >= 11 is 0. The zero-order valence-electron chi connectivity index (χ0n) is 12.7. The van der Waals surface area contributed by atoms with Gasteiger partial charge in [0.1, 0.15) is 11.5 Å². The Balaban J connectivity index is 2.33. The highest BCUT2D eigenvalue weighted by Gasteiger charge is 2.14. The molecule has 0 heterocycles. The van der Waals surface area contributed by atoms with E-state index in [1.165, 1.54) is 7.11 Å². The summed E-state index contributed by atoms with van der Waals surface area (Å²) in [5.74, 6) is 1.10. The lowest BCUT2D eigenvalue weighted by Gasteiger charge is -2.16. The van der Waals surface area contributed by atoms with Gasteiger partial charge in [0.2, 0.25) is 0 Å². The van der Waals surface area contributed by atoms with Gasteiger partial charge in [-0.25, -0.2) is 0 Å². The van der Waals surface area contributed by atoms with E-state index in [0.717, 1.165) is 5.75 Å². The molecule has 2 atom stereocenters. The second-order valence-electron chi connectivity index (χ2n) is 4.62. The Morgan fingerprint density at radius 3 is 2.43 bits per heavy atom. The highest BCUT2D eigenvalue weighted by molar-refractivity contribution is 5.80. The number of hydrogen-bond donors (Lipinski definition) is 2. The molecule has 0 aromatic heterocycles. The molecule has 0 spiro atoms. The van der Waals surface area contributed by atoms with Gasteiger partial charge in [-0.1, -0.05) is 0 Å². The first kappa shape index (κ1) is 17.3. The largest absolute Gasteiger partial charge is 0.497 e. The zero-order chi connectivity index (χ0) is 15.7. The molecule has 2 unspecified atom stereocenters. The Labute approximate surface area is 125 Å². The quantitative estimate of drug-likeness (QED) is 0.710. The molecule has 2 N–H and O–H groups in total. The Bertz CT molecular complexity index is 421. The highest BCUT2D eigenvalue weighted by atomic mass is 16.5. The summed E-state index contributed by atoms with van der Waals surface area (Å²) in [5.41, 5.74) is 0. The van der Waals surface area contributed by atoms with Crippen LogP contribution in [0.2, 0.25) is 0 Å². The minimum absolute atomic E-state index is 0.226. The maximum atomic E-state index is 11.8. The topological polar surface area (TPSA) is 77.0 Å². The summed E-state index contributed by atoms with van der Waals surface area (Å²) < 4.78 is 15.4. The molecule has 0 saturated heterocycles. The number of aliphatic hydroxyl groups excluding tert-OH is 1. The number of carbonyl (C=O) groups excluding carboxylic acids is 1. The number of hydrogen-bond acceptors (Lipinski definition) is 5. The van der Waals surface area contributed by atoms with Crippen LogP contribution in [0.4, 0.5) is 0 Å². The molecular formula is C15H23NO5. The van der Waals surface area contributed by atoms with Crippen LogP contribution in [-0.2, 0) is 9.53 Å². The molecule has 0 aliphatic rings. The molecule has 21 heavy (non-hydrogen) atoms. The van der Waals surface area contributed by atoms with Crippen molar-refractivity contribution < 1.29 is 24.1 Å². The van der Waals surface area contributed by atoms with Crippen molar-refractivity contribution in [1.29, 1.82) is 0 Å². The van der Waals surface area contributed by atoms with Gasteiger partial charge < -0.3 is 24.6 Å². The Hall–Kier alpha value is -1.79. The van der Waals surface area contributed by atoms with Crippen molar-refractivity contribution in [2.24, 2.45) is 0 Å². The van der Waals surface area contributed by atoms with Crippen LogP contribution in [-0.4, -0.2) is 50.6 Å². The third-order valence-corrected chi connectivity index (χ3v) is 2.88. The summed E-state index contributed by atoms with van der Waals surface area (Å²) in [6, 6.07) is 7.01. The maximum absolute atomic E-state index is 11.8. The lowest BCUT2D eigenvalue weighted by molar-refractivity contribution is -0.127. The van der Waals surface area contributed by atoms with Gasteiger partial charge in [0.05, 0.1) is 19.8 Å². The molecule has 0 aliphatic carbocycles. The molecule has 6 nitrogen and oxygen atoms in total. The molecule has 118 valence electrons. The van der Waals surface area contributed by atoms with E-state index in [1.54, 1.807) is 38.3 Å². The zero-order valence-corrected chi connectivity index (χ0v) is 12.7. The molecule has 0 fully saturated rings. The van der Waals surface area contributed by atoms with E-state index >= 15 is 0 Å². The van der Waals surface area contributed by atoms with E-state index in [9.17, 15) is 9.90 Å². The SMILES string of the molecule is COCC(O)CCNC(=O)C(C)Oc1ccc(OC)cc1. The van der Waals surface area contributed by atoms with E-state index in [4.69, 9.17) is 14.2 Å². The molecule has 0 radical (unpaired) electrons. The Morgan fingerprint density at radius 1 is 1.24 bits per heavy atom. The third-order valence-electron chi connectivity index (χ3n) is 2.88. The molecule has 1 aromatic rings. The molecule has 1 amide bonds. The molecule has 0 bridgehead atoms. The molecule has 0 aliphatic heterocycles. The summed E-state index contributed by atoms with van der Waals surface area (Å²) in [5, 5.41) is 12.2. The predicted molar refractivity (Wildman–Crippen MR) is 78.6 cm³/mol. The third kappa shape index (κ3) is 6.46.